The van der Waals surface area contributed by atoms with Crippen molar-refractivity contribution in [3.8, 4) is 0 Å². The molecule has 12 heavy (non-hydrogen) atoms. The fourth-order valence-electron chi connectivity index (χ4n) is 1.25. The van der Waals surface area contributed by atoms with Crippen molar-refractivity contribution in [2.45, 2.75) is 52.0 Å². The van der Waals surface area contributed by atoms with Gasteiger partial charge in [0.15, 0.2) is 0 Å². The molecule has 1 heteroatoms. The van der Waals surface area contributed by atoms with Crippen LogP contribution in [0.1, 0.15) is 46.0 Å². The van der Waals surface area contributed by atoms with Crippen LogP contribution in [0.3, 0.4) is 0 Å². The molecule has 0 aromatic heterocycles. The first-order valence-corrected chi connectivity index (χ1v) is 5.29. The molecule has 0 aromatic rings. The van der Waals surface area contributed by atoms with Crippen LogP contribution >= 0.6 is 0 Å². The predicted octanol–water partition coefficient (Wildman–Crippen LogP) is 3.05. The van der Waals surface area contributed by atoms with E-state index in [0.29, 0.717) is 0 Å². The molecule has 0 N–H and O–H groups in total. The number of hydrogen-bond donors (Lipinski definition) is 0. The van der Waals surface area contributed by atoms with Gasteiger partial charge in [-0.25, -0.2) is 0 Å². The van der Waals surface area contributed by atoms with Gasteiger partial charge in [0.2, 0.25) is 0 Å². The topological polar surface area (TPSA) is 0 Å². The van der Waals surface area contributed by atoms with Crippen LogP contribution in [0.5, 0.6) is 0 Å². The van der Waals surface area contributed by atoms with Crippen LogP contribution in [0.25, 0.3) is 0 Å². The van der Waals surface area contributed by atoms with E-state index in [1.165, 1.54) is 32.1 Å². The second-order valence-corrected chi connectivity index (χ2v) is 4.81. The second kappa shape index (κ2) is 5.58. The molecule has 0 aromatic carbocycles. The van der Waals surface area contributed by atoms with E-state index in [1.807, 2.05) is 0 Å². The maximum atomic E-state index is 2.35. The van der Waals surface area contributed by atoms with Crippen LogP contribution in [0.2, 0.25) is 0 Å². The summed E-state index contributed by atoms with van der Waals surface area (Å²) < 4.78 is 1.10. The molecular weight excluding hydrogens is 146 g/mol. The molecular formula is C11H26N+. The fourth-order valence-corrected chi connectivity index (χ4v) is 1.25. The summed E-state index contributed by atoms with van der Waals surface area (Å²) in [6, 6.07) is 0.807. The summed E-state index contributed by atoms with van der Waals surface area (Å²) in [4.78, 5) is 0. The van der Waals surface area contributed by atoms with E-state index >= 15 is 0 Å². The highest BCUT2D eigenvalue weighted by Crippen LogP contribution is 2.12. The number of nitrogens with zero attached hydrogens (tertiary/aromatic N) is 1. The van der Waals surface area contributed by atoms with Crippen LogP contribution in [-0.4, -0.2) is 31.7 Å². The molecule has 0 fully saturated rings. The minimum Gasteiger partial charge on any atom is -0.329 e. The Balaban J connectivity index is 3.38. The van der Waals surface area contributed by atoms with Gasteiger partial charge in [0.1, 0.15) is 0 Å². The third-order valence-corrected chi connectivity index (χ3v) is 2.80. The molecule has 0 aliphatic rings. The zero-order valence-corrected chi connectivity index (χ0v) is 9.56. The smallest absolute Gasteiger partial charge is 0.0855 e. The van der Waals surface area contributed by atoms with Gasteiger partial charge in [-0.15, -0.1) is 0 Å². The van der Waals surface area contributed by atoms with Crippen LogP contribution in [0.4, 0.5) is 0 Å². The van der Waals surface area contributed by atoms with Crippen LogP contribution in [0.15, 0.2) is 0 Å². The Morgan fingerprint density at radius 2 is 1.58 bits per heavy atom. The Bertz CT molecular complexity index is 102. The lowest BCUT2D eigenvalue weighted by Crippen LogP contribution is -2.43. The van der Waals surface area contributed by atoms with Crippen molar-refractivity contribution in [2.75, 3.05) is 21.1 Å². The summed E-state index contributed by atoms with van der Waals surface area (Å²) in [6.45, 7) is 4.62. The van der Waals surface area contributed by atoms with Crippen molar-refractivity contribution in [3.63, 3.8) is 0 Å². The average Bonchev–Trinajstić information content (AvgIpc) is 1.96. The van der Waals surface area contributed by atoms with E-state index in [1.54, 1.807) is 0 Å². The lowest BCUT2D eigenvalue weighted by atomic mass is 10.1. The van der Waals surface area contributed by atoms with Crippen LogP contribution < -0.4 is 0 Å². The Morgan fingerprint density at radius 1 is 1.00 bits per heavy atom. The molecule has 0 saturated heterocycles. The van der Waals surface area contributed by atoms with Gasteiger partial charge in [-0.1, -0.05) is 26.2 Å². The van der Waals surface area contributed by atoms with E-state index in [4.69, 9.17) is 0 Å². The summed E-state index contributed by atoms with van der Waals surface area (Å²) >= 11 is 0. The number of unbranched alkanes of at least 4 members (excludes halogenated alkanes) is 3. The Morgan fingerprint density at radius 3 is 2.00 bits per heavy atom. The molecule has 1 nitrogen and oxygen atoms in total. The summed E-state index contributed by atoms with van der Waals surface area (Å²) in [5.41, 5.74) is 0. The van der Waals surface area contributed by atoms with Crippen molar-refractivity contribution >= 4 is 0 Å². The van der Waals surface area contributed by atoms with Gasteiger partial charge in [0.25, 0.3) is 0 Å². The molecule has 0 bridgehead atoms. The first-order valence-electron chi connectivity index (χ1n) is 5.29. The minimum absolute atomic E-state index is 0.807. The third kappa shape index (κ3) is 5.59. The Labute approximate surface area is 78.4 Å². The molecule has 0 amide bonds. The Kier molecular flexibility index (Phi) is 5.56. The molecule has 1 atom stereocenters. The van der Waals surface area contributed by atoms with E-state index in [-0.39, 0.29) is 0 Å². The second-order valence-electron chi connectivity index (χ2n) is 4.81. The first-order chi connectivity index (χ1) is 5.48. The lowest BCUT2D eigenvalue weighted by Gasteiger charge is -2.31. The summed E-state index contributed by atoms with van der Waals surface area (Å²) in [6.07, 6.45) is 6.96. The zero-order valence-electron chi connectivity index (χ0n) is 9.56. The maximum Gasteiger partial charge on any atom is 0.0855 e. The zero-order chi connectivity index (χ0) is 9.61. The van der Waals surface area contributed by atoms with E-state index in [0.717, 1.165) is 10.5 Å². The number of quaternary nitrogens is 1. The van der Waals surface area contributed by atoms with Crippen molar-refractivity contribution in [3.05, 3.63) is 0 Å². The molecule has 0 aliphatic heterocycles. The number of rotatable bonds is 6. The molecule has 0 unspecified atom stereocenters. The highest BCUT2D eigenvalue weighted by atomic mass is 15.3. The van der Waals surface area contributed by atoms with Gasteiger partial charge in [-0.2, -0.15) is 0 Å². The normalized spacial score (nSPS) is 14.8. The van der Waals surface area contributed by atoms with E-state index in [9.17, 15) is 0 Å². The molecule has 0 spiro atoms. The molecule has 0 aliphatic carbocycles. The molecule has 0 saturated carbocycles. The van der Waals surface area contributed by atoms with Crippen molar-refractivity contribution < 1.29 is 4.48 Å². The first kappa shape index (κ1) is 12.0. The Hall–Kier alpha value is -0.0400. The summed E-state index contributed by atoms with van der Waals surface area (Å²) in [7, 11) is 6.85. The van der Waals surface area contributed by atoms with Crippen LogP contribution in [-0.2, 0) is 0 Å². The standard InChI is InChI=1S/C11H26N/c1-6-7-8-9-10-11(2)12(3,4)5/h11H,6-10H2,1-5H3/q+1/t11-/m0/s1. The minimum atomic E-state index is 0.807. The van der Waals surface area contributed by atoms with Crippen molar-refractivity contribution in [1.29, 1.82) is 0 Å². The summed E-state index contributed by atoms with van der Waals surface area (Å²) in [5.74, 6) is 0. The van der Waals surface area contributed by atoms with E-state index < -0.39 is 0 Å². The fraction of sp³-hybridized carbons (Fsp3) is 1.00. The number of hydrogen-bond acceptors (Lipinski definition) is 0. The third-order valence-electron chi connectivity index (χ3n) is 2.80. The SMILES string of the molecule is CCCCCC[C@H](C)[N+](C)(C)C. The quantitative estimate of drug-likeness (QED) is 0.427. The highest BCUT2D eigenvalue weighted by molar-refractivity contribution is 4.50. The predicted molar refractivity (Wildman–Crippen MR) is 56.3 cm³/mol. The molecule has 0 rings (SSSR count). The molecule has 74 valence electrons. The van der Waals surface area contributed by atoms with Gasteiger partial charge >= 0.3 is 0 Å². The largest absolute Gasteiger partial charge is 0.329 e. The van der Waals surface area contributed by atoms with Crippen molar-refractivity contribution in [2.24, 2.45) is 0 Å². The van der Waals surface area contributed by atoms with Gasteiger partial charge in [-0.3, -0.25) is 0 Å². The van der Waals surface area contributed by atoms with Crippen molar-refractivity contribution in [1.82, 2.24) is 0 Å². The van der Waals surface area contributed by atoms with Gasteiger partial charge in [0.05, 0.1) is 27.2 Å². The molecule has 0 heterocycles. The summed E-state index contributed by atoms with van der Waals surface area (Å²) in [5, 5.41) is 0. The van der Waals surface area contributed by atoms with E-state index in [2.05, 4.69) is 35.0 Å². The van der Waals surface area contributed by atoms with Gasteiger partial charge in [-0.05, 0) is 19.8 Å². The maximum absolute atomic E-state index is 2.35. The lowest BCUT2D eigenvalue weighted by molar-refractivity contribution is -0.894. The monoisotopic (exact) mass is 172 g/mol. The van der Waals surface area contributed by atoms with Crippen LogP contribution in [0, 0.1) is 0 Å². The molecule has 0 radical (unpaired) electrons. The van der Waals surface area contributed by atoms with Gasteiger partial charge in [0, 0.05) is 0 Å². The highest BCUT2D eigenvalue weighted by Gasteiger charge is 2.16. The van der Waals surface area contributed by atoms with Gasteiger partial charge < -0.3 is 4.48 Å². The average molecular weight is 172 g/mol.